The van der Waals surface area contributed by atoms with Crippen LogP contribution in [-0.2, 0) is 9.47 Å². The van der Waals surface area contributed by atoms with Gasteiger partial charge in [-0.3, -0.25) is 4.99 Å². The largest absolute Gasteiger partial charge is 0.381 e. The van der Waals surface area contributed by atoms with Gasteiger partial charge in [0.05, 0.1) is 13.2 Å². The van der Waals surface area contributed by atoms with Crippen molar-refractivity contribution >= 4 is 11.6 Å². The van der Waals surface area contributed by atoms with Crippen LogP contribution in [0.25, 0.3) is 0 Å². The summed E-state index contributed by atoms with van der Waals surface area (Å²) in [6, 6.07) is 7.12. The first kappa shape index (κ1) is 20.9. The van der Waals surface area contributed by atoms with E-state index in [4.69, 9.17) is 9.47 Å². The molecule has 0 saturated carbocycles. The average Bonchev–Trinajstić information content (AvgIpc) is 3.23. The lowest BCUT2D eigenvalue weighted by Gasteiger charge is -2.35. The topological polar surface area (TPSA) is 58.1 Å². The standard InChI is InChI=1S/C21H33FN4O2/c1-23-21(24-9-4-11-27-15-17-8-12-28-16-17)25-19-6-3-10-26(14-19)20-7-2-5-18(22)13-20/h2,5,7,13,17,19H,3-4,6,8-12,14-16H2,1H3,(H2,23,24,25). The number of anilines is 1. The number of hydrogen-bond acceptors (Lipinski definition) is 4. The SMILES string of the molecule is CN=C(NCCCOCC1CCOC1)NC1CCCN(c2cccc(F)c2)C1. The molecule has 2 unspecified atom stereocenters. The Bertz CT molecular complexity index is 622. The second kappa shape index (κ2) is 11.2. The third kappa shape index (κ3) is 6.63. The van der Waals surface area contributed by atoms with E-state index in [1.165, 1.54) is 6.07 Å². The molecule has 0 amide bonds. The monoisotopic (exact) mass is 392 g/mol. The number of guanidine groups is 1. The molecule has 7 heteroatoms. The Kier molecular flexibility index (Phi) is 8.36. The van der Waals surface area contributed by atoms with Crippen molar-refractivity contribution in [3.8, 4) is 0 Å². The third-order valence-corrected chi connectivity index (χ3v) is 5.29. The third-order valence-electron chi connectivity index (χ3n) is 5.29. The fourth-order valence-electron chi connectivity index (χ4n) is 3.74. The summed E-state index contributed by atoms with van der Waals surface area (Å²) in [5, 5.41) is 6.87. The van der Waals surface area contributed by atoms with Crippen molar-refractivity contribution in [1.82, 2.24) is 10.6 Å². The molecule has 0 radical (unpaired) electrons. The quantitative estimate of drug-likeness (QED) is 0.404. The van der Waals surface area contributed by atoms with E-state index in [0.29, 0.717) is 12.0 Å². The maximum Gasteiger partial charge on any atom is 0.191 e. The molecule has 2 aliphatic rings. The zero-order chi connectivity index (χ0) is 19.6. The van der Waals surface area contributed by atoms with Crippen LogP contribution in [0, 0.1) is 11.7 Å². The van der Waals surface area contributed by atoms with Gasteiger partial charge in [-0.25, -0.2) is 4.39 Å². The number of halogens is 1. The molecule has 1 aromatic rings. The van der Waals surface area contributed by atoms with Crippen LogP contribution in [0.3, 0.4) is 0 Å². The maximum atomic E-state index is 13.5. The average molecular weight is 393 g/mol. The summed E-state index contributed by atoms with van der Waals surface area (Å²) in [6.45, 7) is 5.87. The number of piperidine rings is 1. The van der Waals surface area contributed by atoms with E-state index in [9.17, 15) is 4.39 Å². The number of nitrogens with zero attached hydrogens (tertiary/aromatic N) is 2. The van der Waals surface area contributed by atoms with Crippen molar-refractivity contribution in [3.05, 3.63) is 30.1 Å². The summed E-state index contributed by atoms with van der Waals surface area (Å²) in [5.41, 5.74) is 0.944. The molecule has 2 aliphatic heterocycles. The number of nitrogens with one attached hydrogen (secondary N) is 2. The van der Waals surface area contributed by atoms with Gasteiger partial charge in [0.25, 0.3) is 0 Å². The smallest absolute Gasteiger partial charge is 0.191 e. The Hall–Kier alpha value is -1.86. The molecule has 0 spiro atoms. The zero-order valence-corrected chi connectivity index (χ0v) is 16.8. The minimum Gasteiger partial charge on any atom is -0.381 e. The van der Waals surface area contributed by atoms with Crippen LogP contribution in [0.15, 0.2) is 29.3 Å². The van der Waals surface area contributed by atoms with Gasteiger partial charge in [-0.1, -0.05) is 6.07 Å². The van der Waals surface area contributed by atoms with E-state index >= 15 is 0 Å². The van der Waals surface area contributed by atoms with E-state index in [1.54, 1.807) is 19.2 Å². The van der Waals surface area contributed by atoms with Gasteiger partial charge in [-0.2, -0.15) is 0 Å². The summed E-state index contributed by atoms with van der Waals surface area (Å²) in [4.78, 5) is 6.57. The van der Waals surface area contributed by atoms with E-state index in [1.807, 2.05) is 6.07 Å². The Morgan fingerprint density at radius 1 is 1.39 bits per heavy atom. The second-order valence-electron chi connectivity index (χ2n) is 7.57. The summed E-state index contributed by atoms with van der Waals surface area (Å²) < 4.78 is 24.6. The highest BCUT2D eigenvalue weighted by molar-refractivity contribution is 5.80. The van der Waals surface area contributed by atoms with Crippen LogP contribution in [0.1, 0.15) is 25.7 Å². The molecule has 2 N–H and O–H groups in total. The second-order valence-corrected chi connectivity index (χ2v) is 7.57. The maximum absolute atomic E-state index is 13.5. The first-order valence-corrected chi connectivity index (χ1v) is 10.4. The Morgan fingerprint density at radius 2 is 2.32 bits per heavy atom. The lowest BCUT2D eigenvalue weighted by atomic mass is 10.0. The predicted octanol–water partition coefficient (Wildman–Crippen LogP) is 2.40. The van der Waals surface area contributed by atoms with Crippen molar-refractivity contribution < 1.29 is 13.9 Å². The molecule has 3 rings (SSSR count). The number of ether oxygens (including phenoxy) is 2. The summed E-state index contributed by atoms with van der Waals surface area (Å²) in [5.74, 6) is 1.19. The van der Waals surface area contributed by atoms with Gasteiger partial charge in [-0.05, 0) is 43.9 Å². The molecule has 6 nitrogen and oxygen atoms in total. The molecule has 156 valence electrons. The highest BCUT2D eigenvalue weighted by Gasteiger charge is 2.21. The van der Waals surface area contributed by atoms with Crippen molar-refractivity contribution in [1.29, 1.82) is 0 Å². The zero-order valence-electron chi connectivity index (χ0n) is 16.8. The van der Waals surface area contributed by atoms with Crippen LogP contribution in [-0.4, -0.2) is 65.1 Å². The van der Waals surface area contributed by atoms with Gasteiger partial charge in [0.1, 0.15) is 5.82 Å². The summed E-state index contributed by atoms with van der Waals surface area (Å²) >= 11 is 0. The van der Waals surface area contributed by atoms with Gasteiger partial charge >= 0.3 is 0 Å². The lowest BCUT2D eigenvalue weighted by molar-refractivity contribution is 0.0888. The summed E-state index contributed by atoms with van der Waals surface area (Å²) in [7, 11) is 1.79. The molecular formula is C21H33FN4O2. The lowest BCUT2D eigenvalue weighted by Crippen LogP contribution is -2.51. The molecule has 2 heterocycles. The van der Waals surface area contributed by atoms with Gasteiger partial charge in [-0.15, -0.1) is 0 Å². The molecular weight excluding hydrogens is 359 g/mol. The number of benzene rings is 1. The number of hydrogen-bond donors (Lipinski definition) is 2. The Morgan fingerprint density at radius 3 is 3.11 bits per heavy atom. The molecule has 2 atom stereocenters. The van der Waals surface area contributed by atoms with Crippen LogP contribution in [0.2, 0.25) is 0 Å². The summed E-state index contributed by atoms with van der Waals surface area (Å²) in [6.07, 6.45) is 4.21. The fourth-order valence-corrected chi connectivity index (χ4v) is 3.74. The molecule has 0 aromatic heterocycles. The minimum absolute atomic E-state index is 0.187. The fraction of sp³-hybridized carbons (Fsp3) is 0.667. The van der Waals surface area contributed by atoms with Crippen molar-refractivity contribution in [2.75, 3.05) is 58.0 Å². The molecule has 28 heavy (non-hydrogen) atoms. The van der Waals surface area contributed by atoms with Gasteiger partial charge in [0, 0.05) is 57.5 Å². The predicted molar refractivity (Wildman–Crippen MR) is 110 cm³/mol. The molecule has 1 aromatic carbocycles. The molecule has 2 saturated heterocycles. The number of rotatable bonds is 8. The van der Waals surface area contributed by atoms with Gasteiger partial charge in [0.2, 0.25) is 0 Å². The highest BCUT2D eigenvalue weighted by Crippen LogP contribution is 2.20. The minimum atomic E-state index is -0.187. The first-order chi connectivity index (χ1) is 13.7. The van der Waals surface area contributed by atoms with E-state index in [0.717, 1.165) is 83.4 Å². The Labute approximate surface area is 167 Å². The molecule has 2 fully saturated rings. The molecule has 0 aliphatic carbocycles. The van der Waals surface area contributed by atoms with Crippen LogP contribution in [0.4, 0.5) is 10.1 Å². The van der Waals surface area contributed by atoms with Crippen LogP contribution < -0.4 is 15.5 Å². The van der Waals surface area contributed by atoms with E-state index < -0.39 is 0 Å². The Balaban J connectivity index is 1.34. The van der Waals surface area contributed by atoms with Gasteiger partial charge in [0.15, 0.2) is 5.96 Å². The first-order valence-electron chi connectivity index (χ1n) is 10.4. The van der Waals surface area contributed by atoms with E-state index in [-0.39, 0.29) is 5.82 Å². The normalized spacial score (nSPS) is 23.1. The van der Waals surface area contributed by atoms with Crippen LogP contribution >= 0.6 is 0 Å². The van der Waals surface area contributed by atoms with Crippen molar-refractivity contribution in [3.63, 3.8) is 0 Å². The van der Waals surface area contributed by atoms with Crippen molar-refractivity contribution in [2.45, 2.75) is 31.7 Å². The van der Waals surface area contributed by atoms with Crippen molar-refractivity contribution in [2.24, 2.45) is 10.9 Å². The van der Waals surface area contributed by atoms with Gasteiger partial charge < -0.3 is 25.0 Å². The highest BCUT2D eigenvalue weighted by atomic mass is 19.1. The number of aliphatic imine (C=N–C) groups is 1. The van der Waals surface area contributed by atoms with E-state index in [2.05, 4.69) is 20.5 Å². The molecule has 0 bridgehead atoms. The van der Waals surface area contributed by atoms with Crippen LogP contribution in [0.5, 0.6) is 0 Å².